The van der Waals surface area contributed by atoms with Crippen molar-refractivity contribution in [3.63, 3.8) is 0 Å². The average Bonchev–Trinajstić information content (AvgIpc) is 2.74. The molecular formula is C22H28N4O6S. The summed E-state index contributed by atoms with van der Waals surface area (Å²) in [5, 5.41) is 13.8. The highest BCUT2D eigenvalue weighted by molar-refractivity contribution is 7.92. The summed E-state index contributed by atoms with van der Waals surface area (Å²) in [6.45, 7) is 5.07. The van der Waals surface area contributed by atoms with Crippen molar-refractivity contribution in [2.24, 2.45) is 0 Å². The van der Waals surface area contributed by atoms with Crippen LogP contribution in [0.5, 0.6) is 0 Å². The van der Waals surface area contributed by atoms with Gasteiger partial charge in [0, 0.05) is 25.2 Å². The van der Waals surface area contributed by atoms with Gasteiger partial charge in [-0.25, -0.2) is 8.42 Å². The standard InChI is InChI=1S/C22H28N4O6S/c1-5-23-22(28)17(3)24(14-18-9-6-8-16(2)12-18)21(27)15-25(33(4,31)32)19-10-7-11-20(13-19)26(29)30/h6-13,17H,5,14-15H2,1-4H3,(H,23,28)/t17-/m0/s1. The van der Waals surface area contributed by atoms with Crippen molar-refractivity contribution in [2.75, 3.05) is 23.7 Å². The molecule has 2 rings (SSSR count). The first-order valence-electron chi connectivity index (χ1n) is 10.3. The maximum absolute atomic E-state index is 13.3. The molecular weight excluding hydrogens is 448 g/mol. The van der Waals surface area contributed by atoms with Crippen molar-refractivity contribution >= 4 is 33.2 Å². The zero-order valence-corrected chi connectivity index (χ0v) is 19.8. The molecule has 0 aliphatic rings. The number of nitrogens with zero attached hydrogens (tertiary/aromatic N) is 3. The van der Waals surface area contributed by atoms with Gasteiger partial charge in [-0.2, -0.15) is 0 Å². The van der Waals surface area contributed by atoms with Gasteiger partial charge in [0.15, 0.2) is 0 Å². The Hall–Kier alpha value is -3.47. The van der Waals surface area contributed by atoms with E-state index in [1.165, 1.54) is 23.1 Å². The molecule has 33 heavy (non-hydrogen) atoms. The van der Waals surface area contributed by atoms with Crippen molar-refractivity contribution < 1.29 is 22.9 Å². The molecule has 1 N–H and O–H groups in total. The summed E-state index contributed by atoms with van der Waals surface area (Å²) >= 11 is 0. The second-order valence-electron chi connectivity index (χ2n) is 7.63. The average molecular weight is 477 g/mol. The maximum Gasteiger partial charge on any atom is 0.271 e. The van der Waals surface area contributed by atoms with Crippen molar-refractivity contribution in [1.82, 2.24) is 10.2 Å². The minimum atomic E-state index is -3.96. The van der Waals surface area contributed by atoms with Gasteiger partial charge in [0.05, 0.1) is 16.9 Å². The number of nitro groups is 1. The fourth-order valence-electron chi connectivity index (χ4n) is 3.29. The summed E-state index contributed by atoms with van der Waals surface area (Å²) in [5.41, 5.74) is 1.43. The Balaban J connectivity index is 2.42. The molecule has 1 atom stereocenters. The van der Waals surface area contributed by atoms with Crippen LogP contribution in [0.2, 0.25) is 0 Å². The number of amides is 2. The molecule has 0 saturated heterocycles. The minimum absolute atomic E-state index is 0.0128. The van der Waals surface area contributed by atoms with Gasteiger partial charge >= 0.3 is 0 Å². The largest absolute Gasteiger partial charge is 0.355 e. The van der Waals surface area contributed by atoms with Crippen LogP contribution in [-0.4, -0.2) is 55.4 Å². The molecule has 2 aromatic rings. The van der Waals surface area contributed by atoms with Crippen LogP contribution in [0.15, 0.2) is 48.5 Å². The smallest absolute Gasteiger partial charge is 0.271 e. The zero-order valence-electron chi connectivity index (χ0n) is 19.0. The van der Waals surface area contributed by atoms with Gasteiger partial charge in [-0.05, 0) is 32.4 Å². The van der Waals surface area contributed by atoms with Crippen molar-refractivity contribution in [3.8, 4) is 0 Å². The summed E-state index contributed by atoms with van der Waals surface area (Å²) in [7, 11) is -3.96. The topological polar surface area (TPSA) is 130 Å². The third-order valence-electron chi connectivity index (χ3n) is 4.96. The van der Waals surface area contributed by atoms with E-state index in [9.17, 15) is 28.1 Å². The SMILES string of the molecule is CCNC(=O)[C@H](C)N(Cc1cccc(C)c1)C(=O)CN(c1cccc([N+](=O)[O-])c1)S(C)(=O)=O. The summed E-state index contributed by atoms with van der Waals surface area (Å²) < 4.78 is 25.8. The van der Waals surface area contributed by atoms with Crippen molar-refractivity contribution in [3.05, 3.63) is 69.8 Å². The molecule has 0 aliphatic carbocycles. The Labute approximate surface area is 193 Å². The van der Waals surface area contributed by atoms with E-state index in [0.29, 0.717) is 6.54 Å². The first-order chi connectivity index (χ1) is 15.4. The van der Waals surface area contributed by atoms with Crippen LogP contribution in [0.4, 0.5) is 11.4 Å². The van der Waals surface area contributed by atoms with Crippen LogP contribution >= 0.6 is 0 Å². The minimum Gasteiger partial charge on any atom is -0.355 e. The molecule has 0 aromatic heterocycles. The second-order valence-corrected chi connectivity index (χ2v) is 9.53. The number of likely N-dealkylation sites (N-methyl/N-ethyl adjacent to an activating group) is 1. The van der Waals surface area contributed by atoms with Gasteiger partial charge in [0.25, 0.3) is 5.69 Å². The number of non-ortho nitro benzene ring substituents is 1. The van der Waals surface area contributed by atoms with Gasteiger partial charge in [-0.1, -0.05) is 35.9 Å². The number of carbonyl (C=O) groups excluding carboxylic acids is 2. The molecule has 10 nitrogen and oxygen atoms in total. The first kappa shape index (κ1) is 25.8. The fourth-order valence-corrected chi connectivity index (χ4v) is 4.13. The van der Waals surface area contributed by atoms with Crippen LogP contribution < -0.4 is 9.62 Å². The summed E-state index contributed by atoms with van der Waals surface area (Å²) in [6.07, 6.45) is 0.914. The lowest BCUT2D eigenvalue weighted by molar-refractivity contribution is -0.384. The Bertz CT molecular complexity index is 1140. The van der Waals surface area contributed by atoms with Crippen LogP contribution in [0.1, 0.15) is 25.0 Å². The zero-order chi connectivity index (χ0) is 24.8. The highest BCUT2D eigenvalue weighted by Gasteiger charge is 2.30. The molecule has 0 spiro atoms. The summed E-state index contributed by atoms with van der Waals surface area (Å²) in [5.74, 6) is -0.994. The molecule has 0 bridgehead atoms. The van der Waals surface area contributed by atoms with E-state index in [1.54, 1.807) is 13.8 Å². The van der Waals surface area contributed by atoms with Gasteiger partial charge in [-0.15, -0.1) is 0 Å². The highest BCUT2D eigenvalue weighted by Crippen LogP contribution is 2.24. The number of sulfonamides is 1. The Morgan fingerprint density at radius 3 is 2.39 bits per heavy atom. The first-order valence-corrected chi connectivity index (χ1v) is 12.1. The molecule has 0 aliphatic heterocycles. The molecule has 0 unspecified atom stereocenters. The van der Waals surface area contributed by atoms with E-state index in [4.69, 9.17) is 0 Å². The summed E-state index contributed by atoms with van der Waals surface area (Å²) in [4.78, 5) is 37.6. The van der Waals surface area contributed by atoms with Crippen LogP contribution in [0.3, 0.4) is 0 Å². The molecule has 178 valence electrons. The fraction of sp³-hybridized carbons (Fsp3) is 0.364. The van der Waals surface area contributed by atoms with E-state index in [1.807, 2.05) is 31.2 Å². The van der Waals surface area contributed by atoms with E-state index in [0.717, 1.165) is 27.8 Å². The number of nitrogens with one attached hydrogen (secondary N) is 1. The number of aryl methyl sites for hydroxylation is 1. The van der Waals surface area contributed by atoms with Gasteiger partial charge in [0.2, 0.25) is 21.8 Å². The molecule has 11 heteroatoms. The molecule has 0 radical (unpaired) electrons. The lowest BCUT2D eigenvalue weighted by Crippen LogP contribution is -2.51. The van der Waals surface area contributed by atoms with Crippen LogP contribution in [-0.2, 0) is 26.2 Å². The quantitative estimate of drug-likeness (QED) is 0.413. The number of anilines is 1. The van der Waals surface area contributed by atoms with Gasteiger partial charge in [0.1, 0.15) is 12.6 Å². The Morgan fingerprint density at radius 2 is 1.82 bits per heavy atom. The lowest BCUT2D eigenvalue weighted by Gasteiger charge is -2.31. The lowest BCUT2D eigenvalue weighted by atomic mass is 10.1. The third-order valence-corrected chi connectivity index (χ3v) is 6.10. The second kappa shape index (κ2) is 10.9. The van der Waals surface area contributed by atoms with Crippen molar-refractivity contribution in [2.45, 2.75) is 33.4 Å². The molecule has 0 saturated carbocycles. The van der Waals surface area contributed by atoms with Gasteiger partial charge in [-0.3, -0.25) is 24.0 Å². The van der Waals surface area contributed by atoms with E-state index >= 15 is 0 Å². The number of rotatable bonds is 10. The number of hydrogen-bond donors (Lipinski definition) is 1. The van der Waals surface area contributed by atoms with Crippen LogP contribution in [0, 0.1) is 17.0 Å². The predicted molar refractivity (Wildman–Crippen MR) is 125 cm³/mol. The predicted octanol–water partition coefficient (Wildman–Crippen LogP) is 2.22. The van der Waals surface area contributed by atoms with Crippen LogP contribution in [0.25, 0.3) is 0 Å². The molecule has 2 amide bonds. The Morgan fingerprint density at radius 1 is 1.15 bits per heavy atom. The number of nitro benzene ring substituents is 1. The van der Waals surface area contributed by atoms with E-state index in [-0.39, 0.29) is 23.8 Å². The van der Waals surface area contributed by atoms with Crippen molar-refractivity contribution in [1.29, 1.82) is 0 Å². The number of carbonyl (C=O) groups is 2. The monoisotopic (exact) mass is 476 g/mol. The Kier molecular flexibility index (Phi) is 8.52. The molecule has 0 fully saturated rings. The van der Waals surface area contributed by atoms with E-state index < -0.39 is 33.4 Å². The molecule has 2 aromatic carbocycles. The summed E-state index contributed by atoms with van der Waals surface area (Å²) in [6, 6.07) is 11.6. The number of hydrogen-bond acceptors (Lipinski definition) is 6. The normalized spacial score (nSPS) is 12.0. The van der Waals surface area contributed by atoms with Gasteiger partial charge < -0.3 is 10.2 Å². The number of benzene rings is 2. The third kappa shape index (κ3) is 7.01. The molecule has 0 heterocycles. The highest BCUT2D eigenvalue weighted by atomic mass is 32.2. The van der Waals surface area contributed by atoms with E-state index in [2.05, 4.69) is 5.32 Å². The maximum atomic E-state index is 13.3.